The first-order chi connectivity index (χ1) is 20.5. The van der Waals surface area contributed by atoms with E-state index in [9.17, 15) is 4.79 Å². The third-order valence-corrected chi connectivity index (χ3v) is 9.80. The average Bonchev–Trinajstić information content (AvgIpc) is 3.36. The Bertz CT molecular complexity index is 1400. The third-order valence-electron chi connectivity index (χ3n) is 9.80. The number of hydrogen-bond acceptors (Lipinski definition) is 6. The van der Waals surface area contributed by atoms with Gasteiger partial charge in [0.05, 0.1) is 13.7 Å². The summed E-state index contributed by atoms with van der Waals surface area (Å²) >= 11 is 0. The second-order valence-corrected chi connectivity index (χ2v) is 12.6. The van der Waals surface area contributed by atoms with Crippen molar-refractivity contribution in [1.82, 2.24) is 20.2 Å². The minimum Gasteiger partial charge on any atom is -0.497 e. The molecular formula is C34H46N6O2. The van der Waals surface area contributed by atoms with Crippen molar-refractivity contribution in [2.75, 3.05) is 38.2 Å². The number of fused-ring (bicyclic) bond motifs is 4. The number of nitrogens with one attached hydrogen (secondary N) is 2. The number of carbonyl (C=O) groups excluding carboxylic acids is 1. The number of rotatable bonds is 11. The number of methoxy groups -OCH3 is 1. The molecule has 1 saturated heterocycles. The van der Waals surface area contributed by atoms with Gasteiger partial charge in [0, 0.05) is 72.1 Å². The maximum atomic E-state index is 13.1. The number of allylic oxidation sites excluding steroid dienone is 1. The molecule has 4 heterocycles. The number of nitrogens with two attached hydrogens (primary N) is 1. The fraction of sp³-hybridized carbons (Fsp3) is 0.529. The number of H-pyrrole nitrogens is 1. The Balaban J connectivity index is 1.20. The Hall–Kier alpha value is -3.52. The summed E-state index contributed by atoms with van der Waals surface area (Å²) in [5.41, 5.74) is 11.6. The third kappa shape index (κ3) is 5.74. The van der Waals surface area contributed by atoms with E-state index >= 15 is 0 Å². The second-order valence-electron chi connectivity index (χ2n) is 12.6. The topological polar surface area (TPSA) is 99.5 Å². The Morgan fingerprint density at radius 3 is 2.71 bits per heavy atom. The molecule has 224 valence electrons. The van der Waals surface area contributed by atoms with E-state index in [-0.39, 0.29) is 11.3 Å². The zero-order valence-corrected chi connectivity index (χ0v) is 25.1. The normalized spacial score (nSPS) is 18.1. The van der Waals surface area contributed by atoms with Gasteiger partial charge in [-0.15, -0.1) is 0 Å². The molecule has 1 aromatic carbocycles. The molecule has 3 aliphatic rings. The summed E-state index contributed by atoms with van der Waals surface area (Å²) in [6.45, 7) is 8.98. The molecule has 8 heteroatoms. The predicted octanol–water partition coefficient (Wildman–Crippen LogP) is 5.37. The van der Waals surface area contributed by atoms with Crippen LogP contribution in [0.15, 0.2) is 48.8 Å². The fourth-order valence-corrected chi connectivity index (χ4v) is 7.10. The van der Waals surface area contributed by atoms with Crippen LogP contribution in [-0.2, 0) is 23.3 Å². The quantitative estimate of drug-likeness (QED) is 0.268. The van der Waals surface area contributed by atoms with Crippen molar-refractivity contribution in [1.29, 1.82) is 0 Å². The van der Waals surface area contributed by atoms with Crippen molar-refractivity contribution in [2.24, 2.45) is 11.7 Å². The maximum absolute atomic E-state index is 13.1. The van der Waals surface area contributed by atoms with E-state index in [4.69, 9.17) is 15.5 Å². The van der Waals surface area contributed by atoms with E-state index in [2.05, 4.69) is 57.0 Å². The standard InChI is InChI=1S/C34H46N6O2/c1-24(7-4-3-5-16-35)36-20-25-10-13-31(37-21-25)40-22-30-32(28-12-11-27(42-2)19-29(28)38-30)34(23-40)14-17-39(18-15-34)33(41)26-8-6-9-26/h10-13,19,21,26,36,38H,1,3-9,14-18,20,22-23,35H2,2H3. The maximum Gasteiger partial charge on any atom is 0.225 e. The van der Waals surface area contributed by atoms with Gasteiger partial charge in [-0.05, 0) is 80.8 Å². The van der Waals surface area contributed by atoms with Crippen LogP contribution in [0.4, 0.5) is 5.82 Å². The zero-order chi connectivity index (χ0) is 29.1. The highest BCUT2D eigenvalue weighted by molar-refractivity contribution is 5.88. The van der Waals surface area contributed by atoms with Gasteiger partial charge in [0.1, 0.15) is 11.6 Å². The van der Waals surface area contributed by atoms with Crippen molar-refractivity contribution in [3.05, 3.63) is 65.6 Å². The molecule has 0 radical (unpaired) electrons. The van der Waals surface area contributed by atoms with Crippen molar-refractivity contribution in [2.45, 2.75) is 76.3 Å². The summed E-state index contributed by atoms with van der Waals surface area (Å²) in [5.74, 6) is 2.48. The predicted molar refractivity (Wildman–Crippen MR) is 168 cm³/mol. The van der Waals surface area contributed by atoms with E-state index in [1.807, 2.05) is 6.20 Å². The van der Waals surface area contributed by atoms with Crippen LogP contribution >= 0.6 is 0 Å². The second kappa shape index (κ2) is 12.4. The highest BCUT2D eigenvalue weighted by Crippen LogP contribution is 2.47. The number of likely N-dealkylation sites (tertiary alicyclic amines) is 1. The number of unbranched alkanes of at least 4 members (excludes halogenated alkanes) is 2. The van der Waals surface area contributed by atoms with E-state index in [1.54, 1.807) is 7.11 Å². The van der Waals surface area contributed by atoms with Gasteiger partial charge in [-0.1, -0.05) is 25.5 Å². The van der Waals surface area contributed by atoms with Gasteiger partial charge in [0.15, 0.2) is 0 Å². The fourth-order valence-electron chi connectivity index (χ4n) is 7.10. The van der Waals surface area contributed by atoms with Crippen LogP contribution in [-0.4, -0.2) is 54.1 Å². The van der Waals surface area contributed by atoms with Gasteiger partial charge >= 0.3 is 0 Å². The van der Waals surface area contributed by atoms with Crippen molar-refractivity contribution >= 4 is 22.6 Å². The number of aromatic nitrogens is 2. The Labute approximate surface area is 249 Å². The van der Waals surface area contributed by atoms with Crippen LogP contribution in [0, 0.1) is 5.92 Å². The number of benzene rings is 1. The van der Waals surface area contributed by atoms with Gasteiger partial charge in [-0.2, -0.15) is 0 Å². The summed E-state index contributed by atoms with van der Waals surface area (Å²) < 4.78 is 5.54. The molecular weight excluding hydrogens is 524 g/mol. The van der Waals surface area contributed by atoms with Crippen molar-refractivity contribution in [3.63, 3.8) is 0 Å². The lowest BCUT2D eigenvalue weighted by Crippen LogP contribution is -2.54. The van der Waals surface area contributed by atoms with Gasteiger partial charge in [-0.25, -0.2) is 4.98 Å². The number of anilines is 1. The molecule has 2 fully saturated rings. The summed E-state index contributed by atoms with van der Waals surface area (Å²) in [6, 6.07) is 10.7. The molecule has 4 N–H and O–H groups in total. The molecule has 0 atom stereocenters. The van der Waals surface area contributed by atoms with E-state index in [0.29, 0.717) is 5.91 Å². The Morgan fingerprint density at radius 1 is 1.19 bits per heavy atom. The highest BCUT2D eigenvalue weighted by atomic mass is 16.5. The molecule has 6 rings (SSSR count). The first-order valence-electron chi connectivity index (χ1n) is 15.8. The van der Waals surface area contributed by atoms with E-state index < -0.39 is 0 Å². The monoisotopic (exact) mass is 570 g/mol. The first kappa shape index (κ1) is 28.6. The lowest BCUT2D eigenvalue weighted by atomic mass is 9.69. The Morgan fingerprint density at radius 2 is 2.02 bits per heavy atom. The van der Waals surface area contributed by atoms with Crippen LogP contribution in [0.5, 0.6) is 5.75 Å². The van der Waals surface area contributed by atoms with Gasteiger partial charge in [-0.3, -0.25) is 4.79 Å². The van der Waals surface area contributed by atoms with E-state index in [1.165, 1.54) is 23.1 Å². The molecule has 3 aromatic rings. The number of pyridine rings is 1. The number of carbonyl (C=O) groups is 1. The van der Waals surface area contributed by atoms with Crippen LogP contribution in [0.1, 0.15) is 74.6 Å². The van der Waals surface area contributed by atoms with Gasteiger partial charge < -0.3 is 30.6 Å². The summed E-state index contributed by atoms with van der Waals surface area (Å²) in [4.78, 5) is 26.3. The number of piperidine rings is 1. The number of ether oxygens (including phenoxy) is 1. The number of nitrogens with zero attached hydrogens (tertiary/aromatic N) is 3. The van der Waals surface area contributed by atoms with E-state index in [0.717, 1.165) is 119 Å². The van der Waals surface area contributed by atoms with Gasteiger partial charge in [0.2, 0.25) is 5.91 Å². The van der Waals surface area contributed by atoms with Crippen LogP contribution in [0.25, 0.3) is 10.9 Å². The molecule has 42 heavy (non-hydrogen) atoms. The van der Waals surface area contributed by atoms with Crippen LogP contribution in [0.2, 0.25) is 0 Å². The minimum absolute atomic E-state index is 0.0413. The smallest absolute Gasteiger partial charge is 0.225 e. The molecule has 0 unspecified atom stereocenters. The molecule has 0 bridgehead atoms. The Kier molecular flexibility index (Phi) is 8.43. The van der Waals surface area contributed by atoms with Crippen LogP contribution in [0.3, 0.4) is 0 Å². The van der Waals surface area contributed by atoms with Crippen LogP contribution < -0.4 is 20.7 Å². The largest absolute Gasteiger partial charge is 0.497 e. The summed E-state index contributed by atoms with van der Waals surface area (Å²) in [5, 5.41) is 4.74. The first-order valence-corrected chi connectivity index (χ1v) is 15.8. The van der Waals surface area contributed by atoms with Gasteiger partial charge in [0.25, 0.3) is 0 Å². The highest BCUT2D eigenvalue weighted by Gasteiger charge is 2.46. The number of hydrogen-bond donors (Lipinski definition) is 3. The number of amides is 1. The molecule has 1 spiro atoms. The lowest BCUT2D eigenvalue weighted by Gasteiger charge is -2.48. The zero-order valence-electron chi connectivity index (χ0n) is 25.1. The minimum atomic E-state index is -0.0413. The molecule has 1 saturated carbocycles. The SMILES string of the molecule is C=C(CCCCCN)NCc1ccc(N2Cc3[nH]c4cc(OC)ccc4c3C3(CCN(C(=O)C4CCC4)CC3)C2)nc1. The van der Waals surface area contributed by atoms with Crippen molar-refractivity contribution in [3.8, 4) is 5.75 Å². The lowest BCUT2D eigenvalue weighted by molar-refractivity contribution is -0.139. The molecule has 8 nitrogen and oxygen atoms in total. The molecule has 1 aliphatic carbocycles. The summed E-state index contributed by atoms with van der Waals surface area (Å²) in [7, 11) is 1.71. The average molecular weight is 571 g/mol. The molecule has 2 aromatic heterocycles. The number of aromatic amines is 1. The summed E-state index contributed by atoms with van der Waals surface area (Å²) in [6.07, 6.45) is 11.5. The molecule has 2 aliphatic heterocycles. The molecule has 1 amide bonds. The van der Waals surface area contributed by atoms with Crippen molar-refractivity contribution < 1.29 is 9.53 Å².